The van der Waals surface area contributed by atoms with Gasteiger partial charge in [0.25, 0.3) is 5.92 Å². The van der Waals surface area contributed by atoms with Crippen LogP contribution in [-0.2, 0) is 6.54 Å². The van der Waals surface area contributed by atoms with Crippen molar-refractivity contribution in [3.63, 3.8) is 0 Å². The van der Waals surface area contributed by atoms with Gasteiger partial charge in [-0.05, 0) is 17.0 Å². The number of hydrogen-bond acceptors (Lipinski definition) is 1. The monoisotopic (exact) mass is 225 g/mol. The van der Waals surface area contributed by atoms with Gasteiger partial charge in [-0.15, -0.1) is 0 Å². The molecule has 0 aliphatic carbocycles. The van der Waals surface area contributed by atoms with Gasteiger partial charge in [-0.3, -0.25) is 4.90 Å². The second-order valence-electron chi connectivity index (χ2n) is 4.90. The fraction of sp³-hybridized carbons (Fsp3) is 0.538. The zero-order valence-corrected chi connectivity index (χ0v) is 9.71. The summed E-state index contributed by atoms with van der Waals surface area (Å²) < 4.78 is 25.2. The number of nitrogens with zero attached hydrogens (tertiary/aromatic N) is 1. The molecule has 0 N–H and O–H groups in total. The molecule has 2 rings (SSSR count). The van der Waals surface area contributed by atoms with Crippen LogP contribution in [0.4, 0.5) is 8.78 Å². The molecule has 16 heavy (non-hydrogen) atoms. The number of halogens is 2. The lowest BCUT2D eigenvalue weighted by molar-refractivity contribution is -0.133. The zero-order chi connectivity index (χ0) is 11.8. The van der Waals surface area contributed by atoms with Crippen LogP contribution in [-0.4, -0.2) is 23.9 Å². The van der Waals surface area contributed by atoms with Gasteiger partial charge in [0.2, 0.25) is 0 Å². The van der Waals surface area contributed by atoms with Crippen LogP contribution < -0.4 is 0 Å². The summed E-state index contributed by atoms with van der Waals surface area (Å²) in [6.07, 6.45) is 0. The zero-order valence-electron chi connectivity index (χ0n) is 9.71. The van der Waals surface area contributed by atoms with E-state index in [0.29, 0.717) is 12.5 Å². The SMILES string of the molecule is CC(C)c1ccc(CN2CC(F)(F)C2)cc1. The molecule has 1 heterocycles. The molecule has 0 spiro atoms. The predicted molar refractivity (Wildman–Crippen MR) is 60.8 cm³/mol. The highest BCUT2D eigenvalue weighted by Crippen LogP contribution is 2.28. The van der Waals surface area contributed by atoms with Gasteiger partial charge < -0.3 is 0 Å². The Morgan fingerprint density at radius 2 is 1.75 bits per heavy atom. The van der Waals surface area contributed by atoms with E-state index < -0.39 is 5.92 Å². The number of benzene rings is 1. The van der Waals surface area contributed by atoms with Gasteiger partial charge in [0.1, 0.15) is 0 Å². The lowest BCUT2D eigenvalue weighted by atomic mass is 10.0. The third-order valence-corrected chi connectivity index (χ3v) is 2.96. The van der Waals surface area contributed by atoms with E-state index in [1.807, 2.05) is 12.1 Å². The average Bonchev–Trinajstić information content (AvgIpc) is 2.15. The molecule has 0 radical (unpaired) electrons. The molecular weight excluding hydrogens is 208 g/mol. The maximum atomic E-state index is 12.6. The number of hydrogen-bond donors (Lipinski definition) is 0. The molecule has 1 aromatic carbocycles. The standard InChI is InChI=1S/C13H17F2N/c1-10(2)12-5-3-11(4-6-12)7-16-8-13(14,15)9-16/h3-6,10H,7-9H2,1-2H3. The predicted octanol–water partition coefficient (Wildman–Crippen LogP) is 3.26. The van der Waals surface area contributed by atoms with Crippen molar-refractivity contribution in [2.45, 2.75) is 32.2 Å². The fourth-order valence-electron chi connectivity index (χ4n) is 1.99. The van der Waals surface area contributed by atoms with Crippen molar-refractivity contribution in [1.82, 2.24) is 4.90 Å². The van der Waals surface area contributed by atoms with Crippen LogP contribution in [0.25, 0.3) is 0 Å². The van der Waals surface area contributed by atoms with E-state index in [9.17, 15) is 8.78 Å². The highest BCUT2D eigenvalue weighted by atomic mass is 19.3. The van der Waals surface area contributed by atoms with E-state index in [1.54, 1.807) is 4.90 Å². The Hall–Kier alpha value is -0.960. The first-order chi connectivity index (χ1) is 7.46. The van der Waals surface area contributed by atoms with Crippen LogP contribution in [0.2, 0.25) is 0 Å². The summed E-state index contributed by atoms with van der Waals surface area (Å²) in [5.41, 5.74) is 2.40. The normalized spacial score (nSPS) is 19.8. The van der Waals surface area contributed by atoms with Gasteiger partial charge in [0.05, 0.1) is 13.1 Å². The van der Waals surface area contributed by atoms with Crippen molar-refractivity contribution in [2.24, 2.45) is 0 Å². The number of alkyl halides is 2. The van der Waals surface area contributed by atoms with Gasteiger partial charge in [0.15, 0.2) is 0 Å². The quantitative estimate of drug-likeness (QED) is 0.763. The molecule has 0 bridgehead atoms. The minimum atomic E-state index is -2.46. The van der Waals surface area contributed by atoms with Crippen LogP contribution in [0.15, 0.2) is 24.3 Å². The molecule has 0 amide bonds. The largest absolute Gasteiger partial charge is 0.287 e. The molecule has 0 atom stereocenters. The molecule has 1 aliphatic rings. The van der Waals surface area contributed by atoms with Gasteiger partial charge in [-0.1, -0.05) is 38.1 Å². The van der Waals surface area contributed by atoms with Gasteiger partial charge in [0, 0.05) is 6.54 Å². The van der Waals surface area contributed by atoms with E-state index in [0.717, 1.165) is 5.56 Å². The molecule has 0 unspecified atom stereocenters. The van der Waals surface area contributed by atoms with Crippen LogP contribution in [0, 0.1) is 0 Å². The lowest BCUT2D eigenvalue weighted by Crippen LogP contribution is -2.55. The van der Waals surface area contributed by atoms with E-state index in [4.69, 9.17) is 0 Å². The average molecular weight is 225 g/mol. The summed E-state index contributed by atoms with van der Waals surface area (Å²) in [7, 11) is 0. The van der Waals surface area contributed by atoms with Crippen molar-refractivity contribution >= 4 is 0 Å². The Bertz CT molecular complexity index is 349. The number of likely N-dealkylation sites (tertiary alicyclic amines) is 1. The van der Waals surface area contributed by atoms with Crippen molar-refractivity contribution < 1.29 is 8.78 Å². The molecule has 0 saturated carbocycles. The Labute approximate surface area is 95.1 Å². The van der Waals surface area contributed by atoms with E-state index >= 15 is 0 Å². The van der Waals surface area contributed by atoms with Crippen molar-refractivity contribution in [3.8, 4) is 0 Å². The first-order valence-electron chi connectivity index (χ1n) is 5.65. The van der Waals surface area contributed by atoms with Gasteiger partial charge in [-0.2, -0.15) is 0 Å². The summed E-state index contributed by atoms with van der Waals surface area (Å²) >= 11 is 0. The van der Waals surface area contributed by atoms with E-state index in [2.05, 4.69) is 26.0 Å². The number of rotatable bonds is 3. The first-order valence-corrected chi connectivity index (χ1v) is 5.65. The minimum absolute atomic E-state index is 0.0983. The Kier molecular flexibility index (Phi) is 2.98. The lowest BCUT2D eigenvalue weighted by Gasteiger charge is -2.38. The van der Waals surface area contributed by atoms with E-state index in [1.165, 1.54) is 5.56 Å². The highest BCUT2D eigenvalue weighted by Gasteiger charge is 2.43. The van der Waals surface area contributed by atoms with E-state index in [-0.39, 0.29) is 13.1 Å². The van der Waals surface area contributed by atoms with Crippen molar-refractivity contribution in [3.05, 3.63) is 35.4 Å². The van der Waals surface area contributed by atoms with Crippen LogP contribution >= 0.6 is 0 Å². The van der Waals surface area contributed by atoms with Crippen molar-refractivity contribution in [2.75, 3.05) is 13.1 Å². The molecule has 0 aromatic heterocycles. The summed E-state index contributed by atoms with van der Waals surface area (Å²) in [4.78, 5) is 1.77. The Balaban J connectivity index is 1.91. The summed E-state index contributed by atoms with van der Waals surface area (Å²) in [6.45, 7) is 4.72. The maximum absolute atomic E-state index is 12.6. The summed E-state index contributed by atoms with van der Waals surface area (Å²) in [5.74, 6) is -1.94. The second-order valence-corrected chi connectivity index (χ2v) is 4.90. The molecule has 1 aliphatic heterocycles. The molecular formula is C13H17F2N. The topological polar surface area (TPSA) is 3.24 Å². The molecule has 1 saturated heterocycles. The molecule has 1 fully saturated rings. The Morgan fingerprint density at radius 3 is 2.19 bits per heavy atom. The molecule has 1 aromatic rings. The highest BCUT2D eigenvalue weighted by molar-refractivity contribution is 5.24. The van der Waals surface area contributed by atoms with Crippen LogP contribution in [0.3, 0.4) is 0 Å². The van der Waals surface area contributed by atoms with Crippen LogP contribution in [0.5, 0.6) is 0 Å². The van der Waals surface area contributed by atoms with Crippen molar-refractivity contribution in [1.29, 1.82) is 0 Å². The Morgan fingerprint density at radius 1 is 1.19 bits per heavy atom. The van der Waals surface area contributed by atoms with Crippen LogP contribution in [0.1, 0.15) is 30.9 Å². The molecule has 1 nitrogen and oxygen atoms in total. The third kappa shape index (κ3) is 2.59. The maximum Gasteiger partial charge on any atom is 0.272 e. The molecule has 3 heteroatoms. The minimum Gasteiger partial charge on any atom is -0.287 e. The third-order valence-electron chi connectivity index (χ3n) is 2.96. The molecule has 88 valence electrons. The fourth-order valence-corrected chi connectivity index (χ4v) is 1.99. The first kappa shape index (κ1) is 11.5. The van der Waals surface area contributed by atoms with Gasteiger partial charge >= 0.3 is 0 Å². The van der Waals surface area contributed by atoms with Gasteiger partial charge in [-0.25, -0.2) is 8.78 Å². The summed E-state index contributed by atoms with van der Waals surface area (Å²) in [5, 5.41) is 0. The summed E-state index contributed by atoms with van der Waals surface area (Å²) in [6, 6.07) is 8.23. The second kappa shape index (κ2) is 4.13. The smallest absolute Gasteiger partial charge is 0.272 e.